The minimum absolute atomic E-state index is 0.170. The molecule has 2 fully saturated rings. The zero-order valence-corrected chi connectivity index (χ0v) is 15.0. The minimum Gasteiger partial charge on any atom is -0.322 e. The lowest BCUT2D eigenvalue weighted by atomic mass is 9.82. The number of hydrazine groups is 1. The van der Waals surface area contributed by atoms with E-state index in [2.05, 4.69) is 10.7 Å². The molecular formula is C18H22ClN3O3. The topological polar surface area (TPSA) is 78.5 Å². The molecule has 2 aliphatic rings. The lowest BCUT2D eigenvalue weighted by Crippen LogP contribution is -2.51. The largest absolute Gasteiger partial charge is 0.344 e. The van der Waals surface area contributed by atoms with Gasteiger partial charge in [-0.3, -0.25) is 15.0 Å². The number of benzene rings is 1. The molecule has 1 aliphatic carbocycles. The summed E-state index contributed by atoms with van der Waals surface area (Å²) >= 11 is 6.08. The van der Waals surface area contributed by atoms with E-state index in [9.17, 15) is 14.4 Å². The molecule has 6 nitrogen and oxygen atoms in total. The quantitative estimate of drug-likeness (QED) is 0.807. The standard InChI is InChI=1S/C18H22ClN3O3/c1-12-5-6-13(11-14(12)19)7-8-15(23)21-22-16(24)18(20-17(22)25)9-3-2-4-10-18/h5-6,11H,2-4,7-10H2,1H3,(H,20,25)(H,21,23). The Morgan fingerprint density at radius 3 is 2.68 bits per heavy atom. The first-order valence-corrected chi connectivity index (χ1v) is 9.00. The molecule has 1 aliphatic heterocycles. The maximum absolute atomic E-state index is 12.6. The van der Waals surface area contributed by atoms with Crippen molar-refractivity contribution in [2.24, 2.45) is 0 Å². The number of carbonyl (C=O) groups excluding carboxylic acids is 3. The van der Waals surface area contributed by atoms with Crippen LogP contribution in [-0.2, 0) is 16.0 Å². The fourth-order valence-electron chi connectivity index (χ4n) is 3.45. The van der Waals surface area contributed by atoms with Gasteiger partial charge in [-0.15, -0.1) is 0 Å². The second kappa shape index (κ2) is 7.04. The van der Waals surface area contributed by atoms with Crippen LogP contribution < -0.4 is 10.7 Å². The van der Waals surface area contributed by atoms with Gasteiger partial charge in [0.15, 0.2) is 0 Å². The number of hydrogen-bond donors (Lipinski definition) is 2. The first kappa shape index (κ1) is 17.7. The van der Waals surface area contributed by atoms with Crippen molar-refractivity contribution >= 4 is 29.4 Å². The highest BCUT2D eigenvalue weighted by Gasteiger charge is 2.52. The maximum Gasteiger partial charge on any atom is 0.344 e. The third-order valence-corrected chi connectivity index (χ3v) is 5.39. The molecule has 4 amide bonds. The number of nitrogens with zero attached hydrogens (tertiary/aromatic N) is 1. The maximum atomic E-state index is 12.6. The van der Waals surface area contributed by atoms with Crippen LogP contribution in [0.5, 0.6) is 0 Å². The zero-order chi connectivity index (χ0) is 18.0. The van der Waals surface area contributed by atoms with Crippen molar-refractivity contribution < 1.29 is 14.4 Å². The van der Waals surface area contributed by atoms with Crippen LogP contribution in [0.1, 0.15) is 49.7 Å². The molecule has 1 aromatic rings. The molecule has 1 aromatic carbocycles. The van der Waals surface area contributed by atoms with Crippen molar-refractivity contribution in [2.45, 2.75) is 57.4 Å². The predicted molar refractivity (Wildman–Crippen MR) is 93.8 cm³/mol. The monoisotopic (exact) mass is 363 g/mol. The lowest BCUT2D eigenvalue weighted by molar-refractivity contribution is -0.139. The number of imide groups is 1. The average Bonchev–Trinajstić information content (AvgIpc) is 2.81. The third-order valence-electron chi connectivity index (χ3n) is 4.98. The van der Waals surface area contributed by atoms with E-state index in [1.54, 1.807) is 0 Å². The van der Waals surface area contributed by atoms with Gasteiger partial charge in [0.1, 0.15) is 5.54 Å². The van der Waals surface area contributed by atoms with Crippen LogP contribution in [0.3, 0.4) is 0 Å². The summed E-state index contributed by atoms with van der Waals surface area (Å²) in [6, 6.07) is 5.10. The Bertz CT molecular complexity index is 714. The van der Waals surface area contributed by atoms with Crippen molar-refractivity contribution in [1.82, 2.24) is 15.8 Å². The zero-order valence-electron chi connectivity index (χ0n) is 14.2. The van der Waals surface area contributed by atoms with Crippen LogP contribution in [0.4, 0.5) is 4.79 Å². The Morgan fingerprint density at radius 2 is 2.00 bits per heavy atom. The molecule has 7 heteroatoms. The number of urea groups is 1. The Labute approximate surface area is 151 Å². The van der Waals surface area contributed by atoms with Crippen LogP contribution in [0.25, 0.3) is 0 Å². The van der Waals surface area contributed by atoms with E-state index in [1.807, 2.05) is 25.1 Å². The molecule has 1 saturated heterocycles. The second-order valence-corrected chi connectivity index (χ2v) is 7.24. The van der Waals surface area contributed by atoms with Gasteiger partial charge in [-0.25, -0.2) is 4.79 Å². The van der Waals surface area contributed by atoms with Crippen molar-refractivity contribution in [2.75, 3.05) is 0 Å². The normalized spacial score (nSPS) is 19.2. The van der Waals surface area contributed by atoms with E-state index in [4.69, 9.17) is 11.6 Å². The van der Waals surface area contributed by atoms with Gasteiger partial charge in [0.25, 0.3) is 5.91 Å². The van der Waals surface area contributed by atoms with Gasteiger partial charge in [-0.2, -0.15) is 5.01 Å². The van der Waals surface area contributed by atoms with E-state index in [0.29, 0.717) is 24.3 Å². The Hall–Kier alpha value is -2.08. The van der Waals surface area contributed by atoms with Gasteiger partial charge >= 0.3 is 6.03 Å². The molecule has 0 atom stereocenters. The highest BCUT2D eigenvalue weighted by atomic mass is 35.5. The summed E-state index contributed by atoms with van der Waals surface area (Å²) < 4.78 is 0. The molecular weight excluding hydrogens is 342 g/mol. The van der Waals surface area contributed by atoms with Gasteiger partial charge in [-0.1, -0.05) is 43.0 Å². The number of rotatable bonds is 4. The van der Waals surface area contributed by atoms with Gasteiger partial charge in [0, 0.05) is 11.4 Å². The third kappa shape index (κ3) is 3.63. The van der Waals surface area contributed by atoms with E-state index in [1.165, 1.54) is 0 Å². The van der Waals surface area contributed by atoms with Crippen LogP contribution in [0, 0.1) is 6.92 Å². The molecule has 1 heterocycles. The van der Waals surface area contributed by atoms with Crippen LogP contribution in [-0.4, -0.2) is 28.4 Å². The van der Waals surface area contributed by atoms with Crippen molar-refractivity contribution in [3.63, 3.8) is 0 Å². The summed E-state index contributed by atoms with van der Waals surface area (Å²) in [5.74, 6) is -0.711. The summed E-state index contributed by atoms with van der Waals surface area (Å²) in [5.41, 5.74) is 3.54. The highest BCUT2D eigenvalue weighted by Crippen LogP contribution is 2.33. The Balaban J connectivity index is 1.58. The number of carbonyl (C=O) groups is 3. The van der Waals surface area contributed by atoms with Crippen molar-refractivity contribution in [3.05, 3.63) is 34.3 Å². The molecule has 1 saturated carbocycles. The molecule has 2 N–H and O–H groups in total. The molecule has 3 rings (SSSR count). The summed E-state index contributed by atoms with van der Waals surface area (Å²) in [6.45, 7) is 1.91. The van der Waals surface area contributed by atoms with Crippen LogP contribution in [0.15, 0.2) is 18.2 Å². The summed E-state index contributed by atoms with van der Waals surface area (Å²) in [4.78, 5) is 36.9. The second-order valence-electron chi connectivity index (χ2n) is 6.83. The number of amides is 4. The molecule has 0 radical (unpaired) electrons. The number of halogens is 1. The summed E-state index contributed by atoms with van der Waals surface area (Å²) in [7, 11) is 0. The van der Waals surface area contributed by atoms with E-state index in [0.717, 1.165) is 35.4 Å². The number of aryl methyl sites for hydroxylation is 2. The average molecular weight is 364 g/mol. The van der Waals surface area contributed by atoms with Crippen molar-refractivity contribution in [3.8, 4) is 0 Å². The van der Waals surface area contributed by atoms with Crippen LogP contribution >= 0.6 is 11.6 Å². The molecule has 0 bridgehead atoms. The predicted octanol–water partition coefficient (Wildman–Crippen LogP) is 2.87. The Morgan fingerprint density at radius 1 is 1.28 bits per heavy atom. The molecule has 0 aromatic heterocycles. The minimum atomic E-state index is -0.826. The molecule has 1 spiro atoms. The summed E-state index contributed by atoms with van der Waals surface area (Å²) in [6.07, 6.45) is 4.79. The first-order valence-electron chi connectivity index (χ1n) is 8.62. The molecule has 134 valence electrons. The van der Waals surface area contributed by atoms with Crippen molar-refractivity contribution in [1.29, 1.82) is 0 Å². The number of nitrogens with one attached hydrogen (secondary N) is 2. The fraction of sp³-hybridized carbons (Fsp3) is 0.500. The van der Waals surface area contributed by atoms with E-state index < -0.39 is 11.6 Å². The lowest BCUT2D eigenvalue weighted by Gasteiger charge is -2.30. The van der Waals surface area contributed by atoms with E-state index in [-0.39, 0.29) is 18.2 Å². The molecule has 25 heavy (non-hydrogen) atoms. The number of hydrogen-bond acceptors (Lipinski definition) is 3. The fourth-order valence-corrected chi connectivity index (χ4v) is 3.65. The first-order chi connectivity index (χ1) is 11.9. The molecule has 0 unspecified atom stereocenters. The Kier molecular flexibility index (Phi) is 4.99. The van der Waals surface area contributed by atoms with Crippen LogP contribution in [0.2, 0.25) is 5.02 Å². The van der Waals surface area contributed by atoms with Gasteiger partial charge in [0.05, 0.1) is 0 Å². The SMILES string of the molecule is Cc1ccc(CCC(=O)NN2C(=O)NC3(CCCCC3)C2=O)cc1Cl. The van der Waals surface area contributed by atoms with E-state index >= 15 is 0 Å². The summed E-state index contributed by atoms with van der Waals surface area (Å²) in [5, 5.41) is 4.27. The van der Waals surface area contributed by atoms with Gasteiger partial charge in [-0.05, 0) is 43.4 Å². The smallest absolute Gasteiger partial charge is 0.322 e. The van der Waals surface area contributed by atoms with Gasteiger partial charge < -0.3 is 5.32 Å². The van der Waals surface area contributed by atoms with Gasteiger partial charge in [0.2, 0.25) is 5.91 Å². The highest BCUT2D eigenvalue weighted by molar-refractivity contribution is 6.31.